The minimum absolute atomic E-state index is 0.124. The first-order valence-electron chi connectivity index (χ1n) is 13.2. The second kappa shape index (κ2) is 13.3. The Morgan fingerprint density at radius 2 is 1.59 bits per heavy atom. The van der Waals surface area contributed by atoms with Crippen molar-refractivity contribution in [3.8, 4) is 11.4 Å². The van der Waals surface area contributed by atoms with Crippen LogP contribution in [0.5, 0.6) is 5.75 Å². The van der Waals surface area contributed by atoms with Crippen LogP contribution in [0.15, 0.2) is 96.2 Å². The van der Waals surface area contributed by atoms with Crippen LogP contribution in [-0.4, -0.2) is 76.1 Å². The molecule has 2 heterocycles. The second-order valence-electron chi connectivity index (χ2n) is 9.35. The maximum Gasteiger partial charge on any atom is 0.233 e. The number of methoxy groups -OCH3 is 1. The van der Waals surface area contributed by atoms with Crippen LogP contribution < -0.4 is 4.74 Å². The lowest BCUT2D eigenvalue weighted by molar-refractivity contribution is -0.130. The molecule has 39 heavy (non-hydrogen) atoms. The fourth-order valence-electron chi connectivity index (χ4n) is 4.64. The normalized spacial score (nSPS) is 14.1. The van der Waals surface area contributed by atoms with Crippen molar-refractivity contribution in [3.63, 3.8) is 0 Å². The summed E-state index contributed by atoms with van der Waals surface area (Å²) in [5, 5.41) is 9.68. The van der Waals surface area contributed by atoms with Gasteiger partial charge in [-0.2, -0.15) is 0 Å². The third-order valence-electron chi connectivity index (χ3n) is 6.75. The molecule has 0 N–H and O–H groups in total. The van der Waals surface area contributed by atoms with E-state index in [1.54, 1.807) is 7.11 Å². The molecule has 3 aromatic carbocycles. The van der Waals surface area contributed by atoms with Gasteiger partial charge in [0, 0.05) is 39.1 Å². The van der Waals surface area contributed by atoms with E-state index in [-0.39, 0.29) is 5.91 Å². The van der Waals surface area contributed by atoms with Crippen LogP contribution in [0.25, 0.3) is 11.8 Å². The molecule has 1 saturated heterocycles. The van der Waals surface area contributed by atoms with Crippen LogP contribution >= 0.6 is 11.8 Å². The Kier molecular flexibility index (Phi) is 9.09. The van der Waals surface area contributed by atoms with Gasteiger partial charge in [-0.25, -0.2) is 0 Å². The summed E-state index contributed by atoms with van der Waals surface area (Å²) in [6, 6.07) is 28.4. The van der Waals surface area contributed by atoms with E-state index in [0.717, 1.165) is 55.5 Å². The molecule has 1 aliphatic rings. The number of hydrogen-bond donors (Lipinski definition) is 0. The van der Waals surface area contributed by atoms with Gasteiger partial charge < -0.3 is 9.64 Å². The summed E-state index contributed by atoms with van der Waals surface area (Å²) in [6.07, 6.45) is 4.97. The zero-order valence-electron chi connectivity index (χ0n) is 22.1. The summed E-state index contributed by atoms with van der Waals surface area (Å²) in [7, 11) is 1.66. The molecule has 1 amide bonds. The number of thioether (sulfide) groups is 1. The Hall–Kier alpha value is -3.88. The number of carbonyl (C=O) groups excluding carboxylic acids is 1. The van der Waals surface area contributed by atoms with Gasteiger partial charge >= 0.3 is 0 Å². The lowest BCUT2D eigenvalue weighted by Crippen LogP contribution is -2.49. The van der Waals surface area contributed by atoms with E-state index >= 15 is 0 Å². The zero-order chi connectivity index (χ0) is 26.9. The van der Waals surface area contributed by atoms with E-state index in [9.17, 15) is 4.79 Å². The summed E-state index contributed by atoms with van der Waals surface area (Å²) in [5.41, 5.74) is 3.21. The van der Waals surface area contributed by atoms with Gasteiger partial charge in [-0.1, -0.05) is 96.7 Å². The van der Waals surface area contributed by atoms with Gasteiger partial charge in [-0.05, 0) is 23.3 Å². The Labute approximate surface area is 234 Å². The largest absolute Gasteiger partial charge is 0.495 e. The van der Waals surface area contributed by atoms with Crippen molar-refractivity contribution in [1.29, 1.82) is 0 Å². The van der Waals surface area contributed by atoms with Crippen molar-refractivity contribution in [2.75, 3.05) is 45.6 Å². The van der Waals surface area contributed by atoms with Crippen molar-refractivity contribution in [2.24, 2.45) is 0 Å². The number of rotatable bonds is 10. The molecule has 0 radical (unpaired) electrons. The number of hydrogen-bond acceptors (Lipinski definition) is 6. The molecule has 200 valence electrons. The molecule has 0 bridgehead atoms. The summed E-state index contributed by atoms with van der Waals surface area (Å²) in [6.45, 7) is 4.09. The highest BCUT2D eigenvalue weighted by Crippen LogP contribution is 2.29. The lowest BCUT2D eigenvalue weighted by atomic mass is 10.1. The topological polar surface area (TPSA) is 63.5 Å². The molecule has 0 saturated carbocycles. The standard InChI is InChI=1S/C31H33N5O2S/c1-38-28-17-9-8-16-27(28)36-29(23-26-13-6-3-7-14-26)32-33-31(36)39-24-30(37)35-21-19-34(20-22-35)18-10-15-25-11-4-2-5-12-25/h2-17H,18-24H2,1H3/b15-10+. The average molecular weight is 540 g/mol. The molecule has 1 fully saturated rings. The van der Waals surface area contributed by atoms with Gasteiger partial charge in [0.05, 0.1) is 18.6 Å². The second-order valence-corrected chi connectivity index (χ2v) is 10.3. The van der Waals surface area contributed by atoms with E-state index in [1.165, 1.54) is 17.3 Å². The molecular formula is C31H33N5O2S. The van der Waals surface area contributed by atoms with E-state index in [4.69, 9.17) is 4.74 Å². The number of amides is 1. The monoisotopic (exact) mass is 539 g/mol. The van der Waals surface area contributed by atoms with Gasteiger partial charge in [-0.3, -0.25) is 14.3 Å². The Balaban J connectivity index is 1.21. The van der Waals surface area contributed by atoms with Crippen LogP contribution in [0.2, 0.25) is 0 Å². The first-order chi connectivity index (χ1) is 19.2. The summed E-state index contributed by atoms with van der Waals surface area (Å²) >= 11 is 1.42. The SMILES string of the molecule is COc1ccccc1-n1c(Cc2ccccc2)nnc1SCC(=O)N1CCN(C/C=C/c2ccccc2)CC1. The Morgan fingerprint density at radius 1 is 0.897 bits per heavy atom. The van der Waals surface area contributed by atoms with Crippen molar-refractivity contribution in [1.82, 2.24) is 24.6 Å². The van der Waals surface area contributed by atoms with E-state index in [1.807, 2.05) is 70.1 Å². The molecule has 1 aromatic heterocycles. The fourth-order valence-corrected chi connectivity index (χ4v) is 5.51. The fraction of sp³-hybridized carbons (Fsp3) is 0.258. The zero-order valence-corrected chi connectivity index (χ0v) is 23.0. The van der Waals surface area contributed by atoms with Gasteiger partial charge in [0.15, 0.2) is 5.16 Å². The predicted molar refractivity (Wildman–Crippen MR) is 156 cm³/mol. The highest BCUT2D eigenvalue weighted by Gasteiger charge is 2.23. The number of nitrogens with zero attached hydrogens (tertiary/aromatic N) is 5. The van der Waals surface area contributed by atoms with Gasteiger partial charge in [0.1, 0.15) is 11.6 Å². The predicted octanol–water partition coefficient (Wildman–Crippen LogP) is 4.82. The van der Waals surface area contributed by atoms with Crippen LogP contribution in [0.1, 0.15) is 17.0 Å². The van der Waals surface area contributed by atoms with E-state index in [0.29, 0.717) is 17.3 Å². The number of para-hydroxylation sites is 2. The maximum atomic E-state index is 13.1. The van der Waals surface area contributed by atoms with E-state index in [2.05, 4.69) is 51.5 Å². The molecule has 0 aliphatic carbocycles. The van der Waals surface area contributed by atoms with Gasteiger partial charge in [0.2, 0.25) is 5.91 Å². The number of piperazine rings is 1. The number of carbonyl (C=O) groups is 1. The highest BCUT2D eigenvalue weighted by molar-refractivity contribution is 7.99. The van der Waals surface area contributed by atoms with Crippen molar-refractivity contribution >= 4 is 23.7 Å². The maximum absolute atomic E-state index is 13.1. The Morgan fingerprint density at radius 3 is 2.33 bits per heavy atom. The first-order valence-corrected chi connectivity index (χ1v) is 14.2. The molecule has 8 heteroatoms. The number of ether oxygens (including phenoxy) is 1. The summed E-state index contributed by atoms with van der Waals surface area (Å²) in [5.74, 6) is 1.97. The van der Waals surface area contributed by atoms with Crippen LogP contribution in [-0.2, 0) is 11.2 Å². The van der Waals surface area contributed by atoms with Crippen molar-refractivity contribution in [2.45, 2.75) is 11.6 Å². The molecule has 5 rings (SSSR count). The number of aromatic nitrogens is 3. The summed E-state index contributed by atoms with van der Waals surface area (Å²) < 4.78 is 7.66. The van der Waals surface area contributed by atoms with Crippen molar-refractivity contribution in [3.05, 3.63) is 108 Å². The average Bonchev–Trinajstić information content (AvgIpc) is 3.39. The highest BCUT2D eigenvalue weighted by atomic mass is 32.2. The smallest absolute Gasteiger partial charge is 0.233 e. The third kappa shape index (κ3) is 6.96. The first kappa shape index (κ1) is 26.7. The minimum atomic E-state index is 0.124. The summed E-state index contributed by atoms with van der Waals surface area (Å²) in [4.78, 5) is 17.5. The van der Waals surface area contributed by atoms with Crippen LogP contribution in [0.3, 0.4) is 0 Å². The van der Waals surface area contributed by atoms with Gasteiger partial charge in [0.25, 0.3) is 0 Å². The lowest BCUT2D eigenvalue weighted by Gasteiger charge is -2.34. The van der Waals surface area contributed by atoms with Crippen LogP contribution in [0.4, 0.5) is 0 Å². The quantitative estimate of drug-likeness (QED) is 0.270. The molecule has 7 nitrogen and oxygen atoms in total. The molecule has 0 spiro atoms. The van der Waals surface area contributed by atoms with E-state index < -0.39 is 0 Å². The molecular weight excluding hydrogens is 506 g/mol. The van der Waals surface area contributed by atoms with Gasteiger partial charge in [-0.15, -0.1) is 10.2 Å². The molecule has 0 unspecified atom stereocenters. The molecule has 0 atom stereocenters. The number of benzene rings is 3. The van der Waals surface area contributed by atoms with Crippen molar-refractivity contribution < 1.29 is 9.53 Å². The minimum Gasteiger partial charge on any atom is -0.495 e. The van der Waals surface area contributed by atoms with Crippen LogP contribution in [0, 0.1) is 0 Å². The Bertz CT molecular complexity index is 1380. The molecule has 4 aromatic rings. The third-order valence-corrected chi connectivity index (χ3v) is 7.67. The molecule has 1 aliphatic heterocycles.